The molecule has 120 valence electrons. The van der Waals surface area contributed by atoms with Gasteiger partial charge in [-0.15, -0.1) is 0 Å². The fourth-order valence-corrected chi connectivity index (χ4v) is 3.32. The SMILES string of the molecule is C[C@H](Cc1ccccn1)NC(=O)C1(c2ccc(Cl)cc2)CCC1. The predicted octanol–water partition coefficient (Wildman–Crippen LogP) is 3.90. The maximum Gasteiger partial charge on any atom is 0.230 e. The summed E-state index contributed by atoms with van der Waals surface area (Å²) in [7, 11) is 0. The van der Waals surface area contributed by atoms with Crippen molar-refractivity contribution in [2.75, 3.05) is 0 Å². The van der Waals surface area contributed by atoms with Crippen LogP contribution in [0.2, 0.25) is 5.02 Å². The summed E-state index contributed by atoms with van der Waals surface area (Å²) in [6.45, 7) is 2.03. The van der Waals surface area contributed by atoms with E-state index in [0.29, 0.717) is 5.02 Å². The quantitative estimate of drug-likeness (QED) is 0.904. The Kier molecular flexibility index (Phi) is 4.67. The van der Waals surface area contributed by atoms with Crippen molar-refractivity contribution in [1.82, 2.24) is 10.3 Å². The number of pyridine rings is 1. The lowest BCUT2D eigenvalue weighted by Crippen LogP contribution is -2.51. The number of nitrogens with zero attached hydrogens (tertiary/aromatic N) is 1. The zero-order valence-corrected chi connectivity index (χ0v) is 14.0. The molecule has 3 nitrogen and oxygen atoms in total. The highest BCUT2D eigenvalue weighted by atomic mass is 35.5. The van der Waals surface area contributed by atoms with Crippen LogP contribution in [-0.2, 0) is 16.6 Å². The van der Waals surface area contributed by atoms with Crippen molar-refractivity contribution < 1.29 is 4.79 Å². The summed E-state index contributed by atoms with van der Waals surface area (Å²) in [5.74, 6) is 0.120. The van der Waals surface area contributed by atoms with E-state index in [1.54, 1.807) is 6.20 Å². The summed E-state index contributed by atoms with van der Waals surface area (Å²) >= 11 is 5.97. The van der Waals surface area contributed by atoms with Crippen LogP contribution < -0.4 is 5.32 Å². The average Bonchev–Trinajstić information content (AvgIpc) is 2.49. The molecule has 1 saturated carbocycles. The van der Waals surface area contributed by atoms with Gasteiger partial charge < -0.3 is 5.32 Å². The van der Waals surface area contributed by atoms with Crippen molar-refractivity contribution >= 4 is 17.5 Å². The van der Waals surface area contributed by atoms with Crippen LogP contribution in [0.4, 0.5) is 0 Å². The molecule has 4 heteroatoms. The number of amides is 1. The highest BCUT2D eigenvalue weighted by Gasteiger charge is 2.45. The molecule has 1 N–H and O–H groups in total. The molecule has 3 rings (SSSR count). The highest BCUT2D eigenvalue weighted by Crippen LogP contribution is 2.44. The van der Waals surface area contributed by atoms with Gasteiger partial charge in [-0.25, -0.2) is 0 Å². The Bertz CT molecular complexity index is 666. The summed E-state index contributed by atoms with van der Waals surface area (Å²) < 4.78 is 0. The maximum absolute atomic E-state index is 12.9. The normalized spacial score (nSPS) is 17.1. The molecule has 1 amide bonds. The van der Waals surface area contributed by atoms with E-state index in [9.17, 15) is 4.79 Å². The predicted molar refractivity (Wildman–Crippen MR) is 92.5 cm³/mol. The zero-order valence-electron chi connectivity index (χ0n) is 13.3. The van der Waals surface area contributed by atoms with Gasteiger partial charge in [0.25, 0.3) is 0 Å². The van der Waals surface area contributed by atoms with Crippen molar-refractivity contribution in [3.63, 3.8) is 0 Å². The second-order valence-electron chi connectivity index (χ2n) is 6.34. The molecule has 23 heavy (non-hydrogen) atoms. The second-order valence-corrected chi connectivity index (χ2v) is 6.78. The first-order chi connectivity index (χ1) is 11.1. The topological polar surface area (TPSA) is 42.0 Å². The van der Waals surface area contributed by atoms with Gasteiger partial charge in [0.15, 0.2) is 0 Å². The van der Waals surface area contributed by atoms with Crippen molar-refractivity contribution in [1.29, 1.82) is 0 Å². The first-order valence-corrected chi connectivity index (χ1v) is 8.45. The van der Waals surface area contributed by atoms with Gasteiger partial charge in [0.05, 0.1) is 5.41 Å². The molecular weight excluding hydrogens is 308 g/mol. The minimum absolute atomic E-state index is 0.0576. The number of halogens is 1. The lowest BCUT2D eigenvalue weighted by molar-refractivity contribution is -0.130. The van der Waals surface area contributed by atoms with Crippen molar-refractivity contribution in [3.05, 3.63) is 64.9 Å². The van der Waals surface area contributed by atoms with Crippen LogP contribution >= 0.6 is 11.6 Å². The largest absolute Gasteiger partial charge is 0.352 e. The van der Waals surface area contributed by atoms with Gasteiger partial charge in [-0.3, -0.25) is 9.78 Å². The van der Waals surface area contributed by atoms with Crippen LogP contribution in [0, 0.1) is 0 Å². The molecule has 1 heterocycles. The first-order valence-electron chi connectivity index (χ1n) is 8.07. The summed E-state index contributed by atoms with van der Waals surface area (Å²) in [5.41, 5.74) is 1.67. The second kappa shape index (κ2) is 6.71. The molecule has 0 radical (unpaired) electrons. The molecule has 1 aromatic heterocycles. The highest BCUT2D eigenvalue weighted by molar-refractivity contribution is 6.30. The van der Waals surface area contributed by atoms with Crippen LogP contribution in [0.1, 0.15) is 37.4 Å². The van der Waals surface area contributed by atoms with Gasteiger partial charge in [0.2, 0.25) is 5.91 Å². The molecule has 1 atom stereocenters. The molecule has 0 aliphatic heterocycles. The van der Waals surface area contributed by atoms with E-state index < -0.39 is 0 Å². The lowest BCUT2D eigenvalue weighted by Gasteiger charge is -2.41. The zero-order chi connectivity index (χ0) is 16.3. The molecule has 1 fully saturated rings. The number of hydrogen-bond donors (Lipinski definition) is 1. The molecule has 0 unspecified atom stereocenters. The molecule has 1 aromatic carbocycles. The third-order valence-electron chi connectivity index (χ3n) is 4.66. The fourth-order valence-electron chi connectivity index (χ4n) is 3.19. The van der Waals surface area contributed by atoms with Crippen molar-refractivity contribution in [2.24, 2.45) is 0 Å². The molecule has 0 spiro atoms. The number of rotatable bonds is 5. The molecule has 0 bridgehead atoms. The summed E-state index contributed by atoms with van der Waals surface area (Å²) in [5, 5.41) is 3.87. The maximum atomic E-state index is 12.9. The van der Waals surface area contributed by atoms with Crippen molar-refractivity contribution in [2.45, 2.75) is 44.1 Å². The van der Waals surface area contributed by atoms with E-state index in [4.69, 9.17) is 11.6 Å². The number of benzene rings is 1. The summed E-state index contributed by atoms with van der Waals surface area (Å²) in [6.07, 6.45) is 5.41. The van der Waals surface area contributed by atoms with E-state index in [1.807, 2.05) is 49.4 Å². The van der Waals surface area contributed by atoms with E-state index in [-0.39, 0.29) is 17.4 Å². The van der Waals surface area contributed by atoms with Crippen LogP contribution in [-0.4, -0.2) is 16.9 Å². The molecule has 2 aromatic rings. The minimum atomic E-state index is -0.386. The number of aromatic nitrogens is 1. The van der Waals surface area contributed by atoms with Gasteiger partial charge >= 0.3 is 0 Å². The van der Waals surface area contributed by atoms with Gasteiger partial charge in [-0.1, -0.05) is 36.2 Å². The van der Waals surface area contributed by atoms with Gasteiger partial charge in [-0.2, -0.15) is 0 Å². The van der Waals surface area contributed by atoms with Crippen LogP contribution in [0.25, 0.3) is 0 Å². The molecule has 1 aliphatic carbocycles. The van der Waals surface area contributed by atoms with E-state index in [0.717, 1.165) is 36.9 Å². The van der Waals surface area contributed by atoms with Gasteiger partial charge in [-0.05, 0) is 49.6 Å². The van der Waals surface area contributed by atoms with E-state index >= 15 is 0 Å². The first kappa shape index (κ1) is 16.0. The minimum Gasteiger partial charge on any atom is -0.352 e. The van der Waals surface area contributed by atoms with Gasteiger partial charge in [0, 0.05) is 29.4 Å². The standard InChI is InChI=1S/C19H21ClN2O/c1-14(13-17-5-2-3-12-21-17)22-18(23)19(10-4-11-19)15-6-8-16(20)9-7-15/h2-3,5-9,12,14H,4,10-11,13H2,1H3,(H,22,23)/t14-/m1/s1. The Morgan fingerprint density at radius 1 is 1.26 bits per heavy atom. The van der Waals surface area contributed by atoms with Crippen molar-refractivity contribution in [3.8, 4) is 0 Å². The smallest absolute Gasteiger partial charge is 0.230 e. The summed E-state index contributed by atoms with van der Waals surface area (Å²) in [4.78, 5) is 17.2. The summed E-state index contributed by atoms with van der Waals surface area (Å²) in [6, 6.07) is 13.6. The molecule has 1 aliphatic rings. The Balaban J connectivity index is 1.69. The van der Waals surface area contributed by atoms with E-state index in [2.05, 4.69) is 10.3 Å². The third kappa shape index (κ3) is 3.40. The number of hydrogen-bond acceptors (Lipinski definition) is 2. The Hall–Kier alpha value is -1.87. The molecule has 0 saturated heterocycles. The molecular formula is C19H21ClN2O. The Morgan fingerprint density at radius 2 is 2.00 bits per heavy atom. The van der Waals surface area contributed by atoms with E-state index in [1.165, 1.54) is 0 Å². The third-order valence-corrected chi connectivity index (χ3v) is 4.91. The number of nitrogens with one attached hydrogen (secondary N) is 1. The van der Waals surface area contributed by atoms with Crippen LogP contribution in [0.5, 0.6) is 0 Å². The number of carbonyl (C=O) groups is 1. The Labute approximate surface area is 142 Å². The lowest BCUT2D eigenvalue weighted by atomic mass is 9.63. The van der Waals surface area contributed by atoms with Gasteiger partial charge in [0.1, 0.15) is 0 Å². The monoisotopic (exact) mass is 328 g/mol. The average molecular weight is 329 g/mol. The fraction of sp³-hybridized carbons (Fsp3) is 0.368. The Morgan fingerprint density at radius 3 is 2.57 bits per heavy atom. The van der Waals surface area contributed by atoms with Crippen LogP contribution in [0.3, 0.4) is 0 Å². The van der Waals surface area contributed by atoms with Crippen LogP contribution in [0.15, 0.2) is 48.7 Å². The number of carbonyl (C=O) groups excluding carboxylic acids is 1.